The fourth-order valence-corrected chi connectivity index (χ4v) is 1.47. The van der Waals surface area contributed by atoms with Crippen LogP contribution >= 0.6 is 0 Å². The van der Waals surface area contributed by atoms with E-state index in [1.165, 1.54) is 19.3 Å². The summed E-state index contributed by atoms with van der Waals surface area (Å²) >= 11 is 0. The Morgan fingerprint density at radius 1 is 1.40 bits per heavy atom. The van der Waals surface area contributed by atoms with Gasteiger partial charge in [0.05, 0.1) is 17.6 Å². The maximum atomic E-state index is 11.0. The molecule has 0 aromatic carbocycles. The molecule has 0 saturated heterocycles. The lowest BCUT2D eigenvalue weighted by molar-refractivity contribution is 0.170. The van der Waals surface area contributed by atoms with Gasteiger partial charge in [0.1, 0.15) is 11.4 Å². The van der Waals surface area contributed by atoms with Crippen LogP contribution in [0.4, 0.5) is 0 Å². The van der Waals surface area contributed by atoms with Crippen LogP contribution in [0.25, 0.3) is 0 Å². The zero-order chi connectivity index (χ0) is 11.6. The molecule has 84 valence electrons. The molecular weight excluding hydrogens is 218 g/mol. The van der Waals surface area contributed by atoms with E-state index in [1.807, 2.05) is 0 Å². The first kappa shape index (κ1) is 12.0. The Labute approximate surface area is 88.2 Å². The molecule has 1 rings (SSSR count). The number of sulfonamides is 1. The molecule has 0 aliphatic rings. The van der Waals surface area contributed by atoms with Crippen LogP contribution in [0.5, 0.6) is 0 Å². The van der Waals surface area contributed by atoms with E-state index in [2.05, 4.69) is 9.97 Å². The number of aromatic nitrogens is 2. The predicted octanol–water partition coefficient (Wildman–Crippen LogP) is -0.505. The van der Waals surface area contributed by atoms with Crippen LogP contribution < -0.4 is 5.14 Å². The first-order valence-corrected chi connectivity index (χ1v) is 5.91. The number of hydrogen-bond acceptors (Lipinski definition) is 5. The normalized spacial score (nSPS) is 16.0. The number of nitrogens with zero attached hydrogens (tertiary/aromatic N) is 2. The maximum absolute atomic E-state index is 11.0. The molecule has 0 bridgehead atoms. The Morgan fingerprint density at radius 3 is 2.40 bits per heavy atom. The van der Waals surface area contributed by atoms with Crippen LogP contribution in [-0.4, -0.2) is 28.7 Å². The standard InChI is InChI=1S/C8H13N3O3S/c1-5-3-11-7(4-10-5)8(12)6(2)15(9,13)14/h3-4,6,8,12H,1-2H3,(H2,9,13,14)/t6-,8-/m0/s1. The minimum atomic E-state index is -3.78. The fourth-order valence-electron chi connectivity index (χ4n) is 0.975. The van der Waals surface area contributed by atoms with Crippen molar-refractivity contribution in [3.63, 3.8) is 0 Å². The minimum absolute atomic E-state index is 0.196. The van der Waals surface area contributed by atoms with E-state index in [4.69, 9.17) is 5.14 Å². The summed E-state index contributed by atoms with van der Waals surface area (Å²) in [5, 5.41) is 13.5. The molecule has 3 N–H and O–H groups in total. The molecule has 1 aromatic rings. The van der Waals surface area contributed by atoms with Crippen molar-refractivity contribution in [1.29, 1.82) is 0 Å². The van der Waals surface area contributed by atoms with E-state index in [0.29, 0.717) is 5.69 Å². The second-order valence-corrected chi connectivity index (χ2v) is 5.24. The number of nitrogens with two attached hydrogens (primary N) is 1. The van der Waals surface area contributed by atoms with Crippen molar-refractivity contribution in [2.75, 3.05) is 0 Å². The predicted molar refractivity (Wildman–Crippen MR) is 54.3 cm³/mol. The van der Waals surface area contributed by atoms with Gasteiger partial charge in [-0.1, -0.05) is 0 Å². The highest BCUT2D eigenvalue weighted by molar-refractivity contribution is 7.89. The van der Waals surface area contributed by atoms with Crippen molar-refractivity contribution in [3.05, 3.63) is 23.8 Å². The quantitative estimate of drug-likeness (QED) is 0.729. The summed E-state index contributed by atoms with van der Waals surface area (Å²) in [6.07, 6.45) is 1.53. The van der Waals surface area contributed by atoms with Gasteiger partial charge in [-0.3, -0.25) is 9.97 Å². The lowest BCUT2D eigenvalue weighted by Gasteiger charge is -2.15. The summed E-state index contributed by atoms with van der Waals surface area (Å²) in [5.41, 5.74) is 0.885. The van der Waals surface area contributed by atoms with E-state index in [9.17, 15) is 13.5 Å². The lowest BCUT2D eigenvalue weighted by Crippen LogP contribution is -2.31. The zero-order valence-corrected chi connectivity index (χ0v) is 9.27. The molecule has 0 aliphatic carbocycles. The third-order valence-electron chi connectivity index (χ3n) is 2.07. The highest BCUT2D eigenvalue weighted by Crippen LogP contribution is 2.17. The van der Waals surface area contributed by atoms with Crippen LogP contribution in [0.2, 0.25) is 0 Å². The van der Waals surface area contributed by atoms with Crippen LogP contribution in [0.3, 0.4) is 0 Å². The Kier molecular flexibility index (Phi) is 3.38. The van der Waals surface area contributed by atoms with Crippen molar-refractivity contribution in [3.8, 4) is 0 Å². The number of hydrogen-bond donors (Lipinski definition) is 2. The molecule has 0 spiro atoms. The van der Waals surface area contributed by atoms with Gasteiger partial charge in [0.2, 0.25) is 10.0 Å². The Balaban J connectivity index is 2.95. The number of aliphatic hydroxyl groups excluding tert-OH is 1. The summed E-state index contributed by atoms with van der Waals surface area (Å²) in [5.74, 6) is 0. The molecule has 15 heavy (non-hydrogen) atoms. The molecule has 0 saturated carbocycles. The highest BCUT2D eigenvalue weighted by Gasteiger charge is 2.27. The second-order valence-electron chi connectivity index (χ2n) is 3.32. The van der Waals surface area contributed by atoms with E-state index in [-0.39, 0.29) is 5.69 Å². The highest BCUT2D eigenvalue weighted by atomic mass is 32.2. The molecule has 0 amide bonds. The molecule has 1 heterocycles. The molecule has 1 aromatic heterocycles. The van der Waals surface area contributed by atoms with Gasteiger partial charge in [-0.15, -0.1) is 0 Å². The molecular formula is C8H13N3O3S. The van der Waals surface area contributed by atoms with E-state index >= 15 is 0 Å². The second kappa shape index (κ2) is 4.21. The smallest absolute Gasteiger partial charge is 0.214 e. The fraction of sp³-hybridized carbons (Fsp3) is 0.500. The molecule has 6 nitrogen and oxygen atoms in total. The number of primary sulfonamides is 1. The van der Waals surface area contributed by atoms with Crippen LogP contribution in [0.15, 0.2) is 12.4 Å². The molecule has 7 heteroatoms. The Morgan fingerprint density at radius 2 is 2.00 bits per heavy atom. The summed E-state index contributed by atoms with van der Waals surface area (Å²) < 4.78 is 22.0. The van der Waals surface area contributed by atoms with Crippen molar-refractivity contribution in [2.24, 2.45) is 5.14 Å². The third-order valence-corrected chi connectivity index (χ3v) is 3.36. The van der Waals surface area contributed by atoms with Gasteiger partial charge < -0.3 is 5.11 Å². The van der Waals surface area contributed by atoms with Gasteiger partial charge in [0.25, 0.3) is 0 Å². The van der Waals surface area contributed by atoms with Gasteiger partial charge in [0, 0.05) is 6.20 Å². The molecule has 0 radical (unpaired) electrons. The summed E-state index contributed by atoms with van der Waals surface area (Å²) in [7, 11) is -3.78. The van der Waals surface area contributed by atoms with Crippen LogP contribution in [-0.2, 0) is 10.0 Å². The minimum Gasteiger partial charge on any atom is -0.385 e. The van der Waals surface area contributed by atoms with Gasteiger partial charge in [-0.2, -0.15) is 0 Å². The Bertz CT molecular complexity index is 429. The molecule has 0 unspecified atom stereocenters. The van der Waals surface area contributed by atoms with Gasteiger partial charge in [0.15, 0.2) is 0 Å². The summed E-state index contributed by atoms with van der Waals surface area (Å²) in [4.78, 5) is 7.79. The summed E-state index contributed by atoms with van der Waals surface area (Å²) in [6.45, 7) is 3.06. The van der Waals surface area contributed by atoms with Gasteiger partial charge in [-0.25, -0.2) is 13.6 Å². The van der Waals surface area contributed by atoms with Crippen molar-refractivity contribution >= 4 is 10.0 Å². The first-order valence-electron chi connectivity index (χ1n) is 4.30. The van der Waals surface area contributed by atoms with Crippen LogP contribution in [0, 0.1) is 6.92 Å². The number of aryl methyl sites for hydroxylation is 1. The van der Waals surface area contributed by atoms with Crippen molar-refractivity contribution in [2.45, 2.75) is 25.2 Å². The third kappa shape index (κ3) is 2.95. The zero-order valence-electron chi connectivity index (χ0n) is 8.45. The van der Waals surface area contributed by atoms with Crippen molar-refractivity contribution < 1.29 is 13.5 Å². The van der Waals surface area contributed by atoms with E-state index < -0.39 is 21.4 Å². The number of rotatable bonds is 3. The average molecular weight is 231 g/mol. The largest absolute Gasteiger partial charge is 0.385 e. The lowest BCUT2D eigenvalue weighted by atomic mass is 10.2. The molecule has 0 fully saturated rings. The Hall–Kier alpha value is -1.05. The first-order chi connectivity index (χ1) is 6.82. The van der Waals surface area contributed by atoms with E-state index in [0.717, 1.165) is 0 Å². The molecule has 2 atom stereocenters. The van der Waals surface area contributed by atoms with Gasteiger partial charge >= 0.3 is 0 Å². The van der Waals surface area contributed by atoms with Crippen molar-refractivity contribution in [1.82, 2.24) is 9.97 Å². The van der Waals surface area contributed by atoms with Gasteiger partial charge in [-0.05, 0) is 13.8 Å². The monoisotopic (exact) mass is 231 g/mol. The number of aliphatic hydroxyl groups is 1. The topological polar surface area (TPSA) is 106 Å². The maximum Gasteiger partial charge on any atom is 0.214 e. The SMILES string of the molecule is Cc1cnc([C@@H](O)[C@H](C)S(N)(=O)=O)cn1. The molecule has 0 aliphatic heterocycles. The average Bonchev–Trinajstić information content (AvgIpc) is 2.15. The van der Waals surface area contributed by atoms with Crippen LogP contribution in [0.1, 0.15) is 24.4 Å². The summed E-state index contributed by atoms with van der Waals surface area (Å²) in [6, 6.07) is 0. The van der Waals surface area contributed by atoms with E-state index in [1.54, 1.807) is 6.92 Å².